The van der Waals surface area contributed by atoms with Crippen LogP contribution in [-0.2, 0) is 0 Å². The maximum Gasteiger partial charge on any atom is 0.0618 e. The fourth-order valence-electron chi connectivity index (χ4n) is 1.47. The molecule has 0 saturated heterocycles. The molecule has 3 N–H and O–H groups in total. The summed E-state index contributed by atoms with van der Waals surface area (Å²) >= 11 is 0. The summed E-state index contributed by atoms with van der Waals surface area (Å²) in [6, 6.07) is 16.0. The van der Waals surface area contributed by atoms with Crippen molar-refractivity contribution < 1.29 is 0 Å². The molecule has 0 bridgehead atoms. The lowest BCUT2D eigenvalue weighted by atomic mass is 10.2. The summed E-state index contributed by atoms with van der Waals surface area (Å²) in [5, 5.41) is 3.27. The van der Waals surface area contributed by atoms with Gasteiger partial charge < -0.3 is 11.1 Å². The lowest BCUT2D eigenvalue weighted by Crippen LogP contribution is -1.96. The molecular weight excluding hydrogens is 184 g/mol. The molecule has 0 saturated carbocycles. The standard InChI is InChI=1S/C13H14N2/c1-10-7-8-13(12(14)9-10)15-11-5-3-2-4-6-11/h2-9,15H,14H2,1H3. The van der Waals surface area contributed by atoms with E-state index in [1.54, 1.807) is 0 Å². The van der Waals surface area contributed by atoms with Crippen LogP contribution < -0.4 is 11.1 Å². The first kappa shape index (κ1) is 9.59. The van der Waals surface area contributed by atoms with Gasteiger partial charge in [-0.3, -0.25) is 0 Å². The van der Waals surface area contributed by atoms with Crippen LogP contribution >= 0.6 is 0 Å². The van der Waals surface area contributed by atoms with Crippen molar-refractivity contribution in [2.45, 2.75) is 6.92 Å². The molecule has 0 aliphatic heterocycles. The fourth-order valence-corrected chi connectivity index (χ4v) is 1.47. The molecule has 2 heteroatoms. The molecule has 0 unspecified atom stereocenters. The summed E-state index contributed by atoms with van der Waals surface area (Å²) in [5.41, 5.74) is 9.86. The van der Waals surface area contributed by atoms with Gasteiger partial charge in [0.2, 0.25) is 0 Å². The molecule has 2 nitrogen and oxygen atoms in total. The highest BCUT2D eigenvalue weighted by Gasteiger charge is 1.98. The molecule has 15 heavy (non-hydrogen) atoms. The van der Waals surface area contributed by atoms with Crippen molar-refractivity contribution in [1.82, 2.24) is 0 Å². The van der Waals surface area contributed by atoms with Gasteiger partial charge in [0.15, 0.2) is 0 Å². The third kappa shape index (κ3) is 2.29. The van der Waals surface area contributed by atoms with Crippen molar-refractivity contribution in [3.63, 3.8) is 0 Å². The molecule has 0 spiro atoms. The topological polar surface area (TPSA) is 38.0 Å². The minimum absolute atomic E-state index is 0.777. The van der Waals surface area contributed by atoms with Gasteiger partial charge in [0, 0.05) is 5.69 Å². The van der Waals surface area contributed by atoms with Crippen LogP contribution in [0.2, 0.25) is 0 Å². The number of hydrogen-bond acceptors (Lipinski definition) is 2. The third-order valence-corrected chi connectivity index (χ3v) is 2.26. The van der Waals surface area contributed by atoms with Gasteiger partial charge in [-0.15, -0.1) is 0 Å². The van der Waals surface area contributed by atoms with E-state index >= 15 is 0 Å². The van der Waals surface area contributed by atoms with Crippen LogP contribution in [0.1, 0.15) is 5.56 Å². The number of rotatable bonds is 2. The van der Waals surface area contributed by atoms with Gasteiger partial charge in [-0.05, 0) is 36.8 Å². The third-order valence-electron chi connectivity index (χ3n) is 2.26. The van der Waals surface area contributed by atoms with Crippen molar-refractivity contribution in [1.29, 1.82) is 0 Å². The van der Waals surface area contributed by atoms with E-state index in [9.17, 15) is 0 Å². The summed E-state index contributed by atoms with van der Waals surface area (Å²) in [4.78, 5) is 0. The Morgan fingerprint density at radius 1 is 1.00 bits per heavy atom. The molecule has 76 valence electrons. The maximum absolute atomic E-state index is 5.91. The number of nitrogens with one attached hydrogen (secondary N) is 1. The number of nitrogen functional groups attached to an aromatic ring is 1. The second-order valence-electron chi connectivity index (χ2n) is 3.58. The molecule has 2 aromatic rings. The molecule has 0 fully saturated rings. The Hall–Kier alpha value is -1.96. The Bertz CT molecular complexity index is 449. The van der Waals surface area contributed by atoms with Crippen LogP contribution in [0.5, 0.6) is 0 Å². The van der Waals surface area contributed by atoms with Crippen molar-refractivity contribution in [3.8, 4) is 0 Å². The smallest absolute Gasteiger partial charge is 0.0618 e. The zero-order chi connectivity index (χ0) is 10.7. The molecule has 2 rings (SSSR count). The van der Waals surface area contributed by atoms with Crippen LogP contribution in [0.15, 0.2) is 48.5 Å². The first-order chi connectivity index (χ1) is 7.25. The van der Waals surface area contributed by atoms with E-state index < -0.39 is 0 Å². The summed E-state index contributed by atoms with van der Waals surface area (Å²) in [5.74, 6) is 0. The van der Waals surface area contributed by atoms with Gasteiger partial charge in [-0.1, -0.05) is 24.3 Å². The lowest BCUT2D eigenvalue weighted by Gasteiger charge is -2.09. The normalized spacial score (nSPS) is 9.93. The summed E-state index contributed by atoms with van der Waals surface area (Å²) in [6.07, 6.45) is 0. The Morgan fingerprint density at radius 2 is 1.73 bits per heavy atom. The van der Waals surface area contributed by atoms with E-state index in [-0.39, 0.29) is 0 Å². The van der Waals surface area contributed by atoms with Gasteiger partial charge in [-0.25, -0.2) is 0 Å². The van der Waals surface area contributed by atoms with Crippen LogP contribution in [0, 0.1) is 6.92 Å². The minimum Gasteiger partial charge on any atom is -0.397 e. The summed E-state index contributed by atoms with van der Waals surface area (Å²) in [6.45, 7) is 2.03. The van der Waals surface area contributed by atoms with E-state index in [0.717, 1.165) is 17.1 Å². The van der Waals surface area contributed by atoms with Crippen molar-refractivity contribution in [2.24, 2.45) is 0 Å². The number of nitrogens with two attached hydrogens (primary N) is 1. The number of benzene rings is 2. The molecule has 0 radical (unpaired) electrons. The minimum atomic E-state index is 0.777. The SMILES string of the molecule is Cc1ccc(Nc2ccccc2)c(N)c1. The fraction of sp³-hybridized carbons (Fsp3) is 0.0769. The quantitative estimate of drug-likeness (QED) is 0.726. The molecule has 0 aliphatic carbocycles. The van der Waals surface area contributed by atoms with Gasteiger partial charge in [-0.2, -0.15) is 0 Å². The van der Waals surface area contributed by atoms with Crippen molar-refractivity contribution in [2.75, 3.05) is 11.1 Å². The highest BCUT2D eigenvalue weighted by atomic mass is 14.9. The van der Waals surface area contributed by atoms with Gasteiger partial charge in [0.05, 0.1) is 11.4 Å². The van der Waals surface area contributed by atoms with Gasteiger partial charge in [0.1, 0.15) is 0 Å². The molecule has 0 atom stereocenters. The second-order valence-corrected chi connectivity index (χ2v) is 3.58. The monoisotopic (exact) mass is 198 g/mol. The lowest BCUT2D eigenvalue weighted by molar-refractivity contribution is 1.45. The van der Waals surface area contributed by atoms with Crippen LogP contribution in [0.4, 0.5) is 17.1 Å². The first-order valence-corrected chi connectivity index (χ1v) is 4.94. The first-order valence-electron chi connectivity index (χ1n) is 4.94. The predicted molar refractivity (Wildman–Crippen MR) is 65.3 cm³/mol. The van der Waals surface area contributed by atoms with E-state index in [1.807, 2.05) is 55.5 Å². The number of hydrogen-bond donors (Lipinski definition) is 2. The van der Waals surface area contributed by atoms with Gasteiger partial charge >= 0.3 is 0 Å². The molecule has 2 aromatic carbocycles. The van der Waals surface area contributed by atoms with E-state index in [4.69, 9.17) is 5.73 Å². The van der Waals surface area contributed by atoms with Crippen LogP contribution in [0.3, 0.4) is 0 Å². The van der Waals surface area contributed by atoms with Crippen molar-refractivity contribution >= 4 is 17.1 Å². The number of aryl methyl sites for hydroxylation is 1. The Morgan fingerprint density at radius 3 is 2.40 bits per heavy atom. The average Bonchev–Trinajstić information content (AvgIpc) is 2.24. The Labute approximate surface area is 89.7 Å². The summed E-state index contributed by atoms with van der Waals surface area (Å²) in [7, 11) is 0. The zero-order valence-electron chi connectivity index (χ0n) is 8.70. The molecular formula is C13H14N2. The van der Waals surface area contributed by atoms with E-state index in [1.165, 1.54) is 5.56 Å². The van der Waals surface area contributed by atoms with Gasteiger partial charge in [0.25, 0.3) is 0 Å². The number of para-hydroxylation sites is 1. The van der Waals surface area contributed by atoms with Crippen LogP contribution in [-0.4, -0.2) is 0 Å². The van der Waals surface area contributed by atoms with E-state index in [0.29, 0.717) is 0 Å². The average molecular weight is 198 g/mol. The van der Waals surface area contributed by atoms with Crippen molar-refractivity contribution in [3.05, 3.63) is 54.1 Å². The molecule has 0 amide bonds. The summed E-state index contributed by atoms with van der Waals surface area (Å²) < 4.78 is 0. The van der Waals surface area contributed by atoms with Crippen LogP contribution in [0.25, 0.3) is 0 Å². The van der Waals surface area contributed by atoms with E-state index in [2.05, 4.69) is 5.32 Å². The highest BCUT2D eigenvalue weighted by Crippen LogP contribution is 2.23. The Kier molecular flexibility index (Phi) is 2.59. The molecule has 0 aliphatic rings. The highest BCUT2D eigenvalue weighted by molar-refractivity contribution is 5.72. The second kappa shape index (κ2) is 4.05. The largest absolute Gasteiger partial charge is 0.397 e. The predicted octanol–water partition coefficient (Wildman–Crippen LogP) is 3.32. The molecule has 0 aromatic heterocycles. The number of anilines is 3. The maximum atomic E-state index is 5.91. The zero-order valence-corrected chi connectivity index (χ0v) is 8.70. The Balaban J connectivity index is 2.25. The molecule has 0 heterocycles.